The van der Waals surface area contributed by atoms with Crippen LogP contribution in [0.2, 0.25) is 0 Å². The average Bonchev–Trinajstić information content (AvgIpc) is 2.72. The second kappa shape index (κ2) is 8.64. The maximum Gasteiger partial charge on any atom is 0.251 e. The van der Waals surface area contributed by atoms with Crippen LogP contribution < -0.4 is 11.1 Å². The number of nitrogens with one attached hydrogen (secondary N) is 2. The molecule has 0 aliphatic heterocycles. The van der Waals surface area contributed by atoms with E-state index in [4.69, 9.17) is 11.1 Å². The molecule has 28 heavy (non-hydrogen) atoms. The molecule has 0 radical (unpaired) electrons. The number of hydrogen-bond acceptors (Lipinski definition) is 4. The van der Waals surface area contributed by atoms with Crippen molar-refractivity contribution in [3.63, 3.8) is 0 Å². The van der Waals surface area contributed by atoms with Crippen LogP contribution in [0, 0.1) is 5.41 Å². The number of amidine groups is 1. The normalized spacial score (nSPS) is 10.7. The van der Waals surface area contributed by atoms with Crippen LogP contribution in [0.25, 0.3) is 17.2 Å². The Bertz CT molecular complexity index is 1010. The Morgan fingerprint density at radius 2 is 1.86 bits per heavy atom. The summed E-state index contributed by atoms with van der Waals surface area (Å²) < 4.78 is 0. The monoisotopic (exact) mass is 372 g/mol. The molecule has 140 valence electrons. The highest BCUT2D eigenvalue weighted by atomic mass is 16.3. The van der Waals surface area contributed by atoms with Crippen molar-refractivity contribution >= 4 is 17.8 Å². The third kappa shape index (κ3) is 4.62. The van der Waals surface area contributed by atoms with E-state index in [-0.39, 0.29) is 17.5 Å². The first-order valence-electron chi connectivity index (χ1n) is 8.67. The molecule has 0 atom stereocenters. The van der Waals surface area contributed by atoms with Gasteiger partial charge in [0.05, 0.1) is 0 Å². The number of nitrogens with two attached hydrogens (primary N) is 1. The van der Waals surface area contributed by atoms with Crippen molar-refractivity contribution in [1.82, 2.24) is 10.3 Å². The van der Waals surface area contributed by atoms with Gasteiger partial charge in [0.2, 0.25) is 0 Å². The molecular weight excluding hydrogens is 352 g/mol. The number of aromatic nitrogens is 1. The van der Waals surface area contributed by atoms with Crippen molar-refractivity contribution in [2.24, 2.45) is 5.73 Å². The van der Waals surface area contributed by atoms with Crippen LogP contribution in [-0.4, -0.2) is 28.4 Å². The van der Waals surface area contributed by atoms with E-state index in [9.17, 15) is 9.90 Å². The molecule has 0 saturated carbocycles. The van der Waals surface area contributed by atoms with Crippen molar-refractivity contribution in [3.05, 3.63) is 89.8 Å². The van der Waals surface area contributed by atoms with Gasteiger partial charge in [-0.2, -0.15) is 0 Å². The number of rotatable bonds is 6. The number of phenolic OH excluding ortho intramolecular Hbond substituents is 1. The van der Waals surface area contributed by atoms with Gasteiger partial charge in [0.1, 0.15) is 11.6 Å². The lowest BCUT2D eigenvalue weighted by Gasteiger charge is -2.05. The Labute approximate surface area is 162 Å². The molecule has 0 spiro atoms. The molecule has 5 N–H and O–H groups in total. The van der Waals surface area contributed by atoms with Crippen molar-refractivity contribution in [1.29, 1.82) is 5.41 Å². The lowest BCUT2D eigenvalue weighted by molar-refractivity contribution is 0.0958. The number of benzene rings is 2. The number of carbonyl (C=O) groups excluding carboxylic acids is 1. The zero-order chi connectivity index (χ0) is 19.9. The summed E-state index contributed by atoms with van der Waals surface area (Å²) in [7, 11) is 0. The number of phenols is 1. The summed E-state index contributed by atoms with van der Waals surface area (Å²) in [6.45, 7) is 0.299. The zero-order valence-corrected chi connectivity index (χ0v) is 15.1. The van der Waals surface area contributed by atoms with Crippen LogP contribution in [0.3, 0.4) is 0 Å². The van der Waals surface area contributed by atoms with Gasteiger partial charge in [0.25, 0.3) is 5.91 Å². The van der Waals surface area contributed by atoms with E-state index in [1.54, 1.807) is 48.8 Å². The lowest BCUT2D eigenvalue weighted by Crippen LogP contribution is -2.23. The number of amides is 1. The fourth-order valence-corrected chi connectivity index (χ4v) is 2.64. The smallest absolute Gasteiger partial charge is 0.251 e. The first-order valence-corrected chi connectivity index (χ1v) is 8.67. The Hall–Kier alpha value is -3.93. The highest BCUT2D eigenvalue weighted by Gasteiger charge is 2.05. The molecule has 0 aliphatic carbocycles. The summed E-state index contributed by atoms with van der Waals surface area (Å²) in [4.78, 5) is 16.4. The van der Waals surface area contributed by atoms with Crippen LogP contribution in [0.1, 0.15) is 21.5 Å². The number of carbonyl (C=O) groups is 1. The third-order valence-electron chi connectivity index (χ3n) is 4.16. The quantitative estimate of drug-likeness (QED) is 0.393. The molecule has 0 saturated heterocycles. The molecular formula is C22H20N4O2. The topological polar surface area (TPSA) is 112 Å². The molecule has 0 aliphatic rings. The van der Waals surface area contributed by atoms with Crippen molar-refractivity contribution in [2.45, 2.75) is 0 Å². The predicted molar refractivity (Wildman–Crippen MR) is 110 cm³/mol. The van der Waals surface area contributed by atoms with Gasteiger partial charge in [-0.3, -0.25) is 15.2 Å². The van der Waals surface area contributed by atoms with Gasteiger partial charge in [-0.15, -0.1) is 0 Å². The van der Waals surface area contributed by atoms with Gasteiger partial charge in [0.15, 0.2) is 0 Å². The van der Waals surface area contributed by atoms with Crippen molar-refractivity contribution in [2.75, 3.05) is 6.54 Å². The number of nitrogen functional groups attached to an aromatic ring is 1. The van der Waals surface area contributed by atoms with Crippen LogP contribution in [0.15, 0.2) is 73.1 Å². The SMILES string of the molecule is N=C(N)c1ccc(O)c(/C=C/CNC(=O)c2ccc(-c3cccnc3)cc2)c1. The molecule has 6 heteroatoms. The van der Waals surface area contributed by atoms with Gasteiger partial charge in [0, 0.05) is 35.6 Å². The minimum atomic E-state index is -0.191. The molecule has 1 heterocycles. The number of hydrogen-bond donors (Lipinski definition) is 4. The van der Waals surface area contributed by atoms with Crippen LogP contribution in [0.4, 0.5) is 0 Å². The van der Waals surface area contributed by atoms with E-state index >= 15 is 0 Å². The van der Waals surface area contributed by atoms with Gasteiger partial charge in [-0.25, -0.2) is 0 Å². The molecule has 0 bridgehead atoms. The summed E-state index contributed by atoms with van der Waals surface area (Å²) in [6, 6.07) is 15.8. The largest absolute Gasteiger partial charge is 0.507 e. The van der Waals surface area contributed by atoms with Gasteiger partial charge < -0.3 is 16.2 Å². The molecule has 1 amide bonds. The Morgan fingerprint density at radius 3 is 2.54 bits per heavy atom. The summed E-state index contributed by atoms with van der Waals surface area (Å²) in [5, 5.41) is 20.1. The van der Waals surface area contributed by atoms with Crippen molar-refractivity contribution < 1.29 is 9.90 Å². The summed E-state index contributed by atoms with van der Waals surface area (Å²) in [6.07, 6.45) is 6.89. The zero-order valence-electron chi connectivity index (χ0n) is 15.1. The lowest BCUT2D eigenvalue weighted by atomic mass is 10.1. The molecule has 2 aromatic carbocycles. The molecule has 3 aromatic rings. The number of nitrogens with zero attached hydrogens (tertiary/aromatic N) is 1. The predicted octanol–water partition coefficient (Wildman–Crippen LogP) is 3.18. The highest BCUT2D eigenvalue weighted by molar-refractivity contribution is 5.96. The fourth-order valence-electron chi connectivity index (χ4n) is 2.64. The Kier molecular flexibility index (Phi) is 5.81. The minimum Gasteiger partial charge on any atom is -0.507 e. The highest BCUT2D eigenvalue weighted by Crippen LogP contribution is 2.20. The minimum absolute atomic E-state index is 0.0716. The second-order valence-electron chi connectivity index (χ2n) is 6.12. The molecule has 0 unspecified atom stereocenters. The van der Waals surface area contributed by atoms with E-state index in [0.29, 0.717) is 23.2 Å². The molecule has 1 aromatic heterocycles. The van der Waals surface area contributed by atoms with Crippen LogP contribution in [0.5, 0.6) is 5.75 Å². The summed E-state index contributed by atoms with van der Waals surface area (Å²) in [5.41, 5.74) is 9.05. The molecule has 3 rings (SSSR count). The van der Waals surface area contributed by atoms with Crippen LogP contribution in [-0.2, 0) is 0 Å². The second-order valence-corrected chi connectivity index (χ2v) is 6.12. The third-order valence-corrected chi connectivity index (χ3v) is 4.16. The van der Waals surface area contributed by atoms with E-state index in [2.05, 4.69) is 10.3 Å². The first-order chi connectivity index (χ1) is 13.5. The Morgan fingerprint density at radius 1 is 1.11 bits per heavy atom. The average molecular weight is 372 g/mol. The molecule has 0 fully saturated rings. The fraction of sp³-hybridized carbons (Fsp3) is 0.0455. The Balaban J connectivity index is 1.59. The summed E-state index contributed by atoms with van der Waals surface area (Å²) >= 11 is 0. The van der Waals surface area contributed by atoms with E-state index < -0.39 is 0 Å². The van der Waals surface area contributed by atoms with Gasteiger partial charge in [-0.05, 0) is 47.5 Å². The maximum absolute atomic E-state index is 12.3. The number of pyridine rings is 1. The van der Waals surface area contributed by atoms with Crippen molar-refractivity contribution in [3.8, 4) is 16.9 Å². The standard InChI is InChI=1S/C22H20N4O2/c23-21(24)18-9-10-20(27)17(13-18)3-2-12-26-22(28)16-7-5-15(6-8-16)19-4-1-11-25-14-19/h1-11,13-14,27H,12H2,(H3,23,24)(H,26,28)/b3-2+. The number of aromatic hydroxyl groups is 1. The van der Waals surface area contributed by atoms with E-state index in [0.717, 1.165) is 11.1 Å². The van der Waals surface area contributed by atoms with E-state index in [1.165, 1.54) is 6.07 Å². The van der Waals surface area contributed by atoms with Crippen LogP contribution >= 0.6 is 0 Å². The first kappa shape index (κ1) is 18.8. The van der Waals surface area contributed by atoms with Gasteiger partial charge in [-0.1, -0.05) is 30.4 Å². The summed E-state index contributed by atoms with van der Waals surface area (Å²) in [5.74, 6) is -0.180. The molecule has 6 nitrogen and oxygen atoms in total. The van der Waals surface area contributed by atoms with E-state index in [1.807, 2.05) is 24.3 Å². The van der Waals surface area contributed by atoms with Gasteiger partial charge >= 0.3 is 0 Å². The maximum atomic E-state index is 12.3.